The van der Waals surface area contributed by atoms with Crippen molar-refractivity contribution >= 4 is 0 Å². The summed E-state index contributed by atoms with van der Waals surface area (Å²) in [7, 11) is 5.16. The number of rotatable bonds is 6. The quantitative estimate of drug-likeness (QED) is 0.870. The fraction of sp³-hybridized carbons (Fsp3) is 0.429. The summed E-state index contributed by atoms with van der Waals surface area (Å²) < 4.78 is 12.3. The lowest BCUT2D eigenvalue weighted by Gasteiger charge is -2.17. The van der Waals surface area contributed by atoms with Crippen LogP contribution in [0.2, 0.25) is 0 Å². The van der Waals surface area contributed by atoms with Crippen LogP contribution in [0.5, 0.6) is 11.5 Å². The van der Waals surface area contributed by atoms with Gasteiger partial charge in [-0.3, -0.25) is 4.68 Å². The first-order valence-electron chi connectivity index (χ1n) is 6.44. The molecule has 0 aliphatic carbocycles. The topological polar surface area (TPSA) is 61.2 Å². The maximum Gasteiger partial charge on any atom is 0.127 e. The van der Waals surface area contributed by atoms with E-state index in [2.05, 4.69) is 22.6 Å². The fourth-order valence-corrected chi connectivity index (χ4v) is 2.02. The lowest BCUT2D eigenvalue weighted by molar-refractivity contribution is 0.385. The normalized spacial score (nSPS) is 12.2. The Bertz CT molecular complexity index is 568. The zero-order valence-electron chi connectivity index (χ0n) is 12.3. The molecule has 1 aromatic carbocycles. The number of nitrogens with zero attached hydrogens (tertiary/aromatic N) is 3. The molecule has 1 atom stereocenters. The van der Waals surface area contributed by atoms with Crippen molar-refractivity contribution in [2.75, 3.05) is 14.2 Å². The summed E-state index contributed by atoms with van der Waals surface area (Å²) >= 11 is 0. The van der Waals surface area contributed by atoms with E-state index in [0.717, 1.165) is 22.8 Å². The van der Waals surface area contributed by atoms with Crippen LogP contribution >= 0.6 is 0 Å². The van der Waals surface area contributed by atoms with Crippen molar-refractivity contribution in [3.8, 4) is 11.5 Å². The van der Waals surface area contributed by atoms with Gasteiger partial charge in [0.25, 0.3) is 0 Å². The summed E-state index contributed by atoms with van der Waals surface area (Å²) in [6.45, 7) is 2.74. The van der Waals surface area contributed by atoms with Crippen molar-refractivity contribution in [1.29, 1.82) is 0 Å². The molecule has 0 aliphatic rings. The third-order valence-electron chi connectivity index (χ3n) is 3.15. The standard InChI is InChI=1S/C14H20N4O2/c1-10(15-8-11-9-18(2)17-16-11)13-6-5-12(19-3)7-14(13)20-4/h5-7,9-10,15H,8H2,1-4H3. The Kier molecular flexibility index (Phi) is 4.57. The Morgan fingerprint density at radius 1 is 1.30 bits per heavy atom. The minimum absolute atomic E-state index is 0.137. The molecule has 0 saturated heterocycles. The SMILES string of the molecule is COc1ccc(C(C)NCc2cn(C)nn2)c(OC)c1. The molecule has 6 heteroatoms. The molecular formula is C14H20N4O2. The predicted molar refractivity (Wildman–Crippen MR) is 75.8 cm³/mol. The molecule has 0 radical (unpaired) electrons. The van der Waals surface area contributed by atoms with E-state index in [1.165, 1.54) is 0 Å². The third-order valence-corrected chi connectivity index (χ3v) is 3.15. The molecule has 20 heavy (non-hydrogen) atoms. The first kappa shape index (κ1) is 14.3. The van der Waals surface area contributed by atoms with Gasteiger partial charge >= 0.3 is 0 Å². The minimum atomic E-state index is 0.137. The van der Waals surface area contributed by atoms with Gasteiger partial charge in [-0.2, -0.15) is 0 Å². The molecule has 0 bridgehead atoms. The smallest absolute Gasteiger partial charge is 0.127 e. The van der Waals surface area contributed by atoms with Crippen LogP contribution in [0.25, 0.3) is 0 Å². The largest absolute Gasteiger partial charge is 0.497 e. The highest BCUT2D eigenvalue weighted by Crippen LogP contribution is 2.29. The van der Waals surface area contributed by atoms with Crippen LogP contribution in [0.3, 0.4) is 0 Å². The Hall–Kier alpha value is -2.08. The van der Waals surface area contributed by atoms with Gasteiger partial charge < -0.3 is 14.8 Å². The predicted octanol–water partition coefficient (Wildman–Crippen LogP) is 1.68. The van der Waals surface area contributed by atoms with Gasteiger partial charge in [-0.1, -0.05) is 11.3 Å². The number of benzene rings is 1. The van der Waals surface area contributed by atoms with Crippen LogP contribution in [0.1, 0.15) is 24.2 Å². The lowest BCUT2D eigenvalue weighted by Crippen LogP contribution is -2.19. The summed E-state index contributed by atoms with van der Waals surface area (Å²) in [5.41, 5.74) is 1.99. The van der Waals surface area contributed by atoms with E-state index in [1.54, 1.807) is 18.9 Å². The maximum absolute atomic E-state index is 5.41. The van der Waals surface area contributed by atoms with Crippen LogP contribution < -0.4 is 14.8 Å². The number of nitrogens with one attached hydrogen (secondary N) is 1. The second kappa shape index (κ2) is 6.38. The minimum Gasteiger partial charge on any atom is -0.497 e. The van der Waals surface area contributed by atoms with Crippen molar-refractivity contribution in [3.05, 3.63) is 35.7 Å². The molecule has 0 aliphatic heterocycles. The molecule has 0 fully saturated rings. The molecule has 2 rings (SSSR count). The molecule has 1 aromatic heterocycles. The summed E-state index contributed by atoms with van der Waals surface area (Å²) in [6.07, 6.45) is 1.89. The molecule has 1 N–H and O–H groups in total. The summed E-state index contributed by atoms with van der Waals surface area (Å²) in [5, 5.41) is 11.4. The van der Waals surface area contributed by atoms with Gasteiger partial charge in [0.2, 0.25) is 0 Å². The van der Waals surface area contributed by atoms with Crippen LogP contribution in [-0.2, 0) is 13.6 Å². The number of aromatic nitrogens is 3. The second-order valence-corrected chi connectivity index (χ2v) is 4.59. The van der Waals surface area contributed by atoms with Gasteiger partial charge in [0.1, 0.15) is 11.5 Å². The van der Waals surface area contributed by atoms with Gasteiger partial charge in [-0.05, 0) is 13.0 Å². The Balaban J connectivity index is 2.06. The van der Waals surface area contributed by atoms with Crippen molar-refractivity contribution in [2.24, 2.45) is 7.05 Å². The van der Waals surface area contributed by atoms with E-state index >= 15 is 0 Å². The molecule has 2 aromatic rings. The summed E-state index contributed by atoms with van der Waals surface area (Å²) in [6, 6.07) is 5.96. The molecule has 6 nitrogen and oxygen atoms in total. The van der Waals surface area contributed by atoms with Crippen LogP contribution in [0, 0.1) is 0 Å². The lowest BCUT2D eigenvalue weighted by atomic mass is 10.1. The van der Waals surface area contributed by atoms with E-state index in [-0.39, 0.29) is 6.04 Å². The Morgan fingerprint density at radius 2 is 2.10 bits per heavy atom. The second-order valence-electron chi connectivity index (χ2n) is 4.59. The van der Waals surface area contributed by atoms with Gasteiger partial charge in [-0.15, -0.1) is 5.10 Å². The molecular weight excluding hydrogens is 256 g/mol. The van der Waals surface area contributed by atoms with Crippen LogP contribution in [-0.4, -0.2) is 29.2 Å². The summed E-state index contributed by atoms with van der Waals surface area (Å²) in [4.78, 5) is 0. The van der Waals surface area contributed by atoms with E-state index < -0.39 is 0 Å². The van der Waals surface area contributed by atoms with E-state index in [1.807, 2.05) is 31.4 Å². The molecule has 108 valence electrons. The maximum atomic E-state index is 5.41. The monoisotopic (exact) mass is 276 g/mol. The van der Waals surface area contributed by atoms with Gasteiger partial charge in [0.15, 0.2) is 0 Å². The fourth-order valence-electron chi connectivity index (χ4n) is 2.02. The Labute approximate surface area is 118 Å². The molecule has 0 amide bonds. The number of aryl methyl sites for hydroxylation is 1. The van der Waals surface area contributed by atoms with Gasteiger partial charge in [0, 0.05) is 37.5 Å². The van der Waals surface area contributed by atoms with Gasteiger partial charge in [-0.25, -0.2) is 0 Å². The Morgan fingerprint density at radius 3 is 2.70 bits per heavy atom. The third kappa shape index (κ3) is 3.27. The van der Waals surface area contributed by atoms with Crippen molar-refractivity contribution in [3.63, 3.8) is 0 Å². The van der Waals surface area contributed by atoms with E-state index in [0.29, 0.717) is 6.54 Å². The molecule has 0 spiro atoms. The first-order valence-corrected chi connectivity index (χ1v) is 6.44. The van der Waals surface area contributed by atoms with Crippen LogP contribution in [0.4, 0.5) is 0 Å². The number of methoxy groups -OCH3 is 2. The van der Waals surface area contributed by atoms with E-state index in [9.17, 15) is 0 Å². The zero-order chi connectivity index (χ0) is 14.5. The number of hydrogen-bond acceptors (Lipinski definition) is 5. The van der Waals surface area contributed by atoms with E-state index in [4.69, 9.17) is 9.47 Å². The molecule has 1 unspecified atom stereocenters. The molecule has 0 saturated carbocycles. The summed E-state index contributed by atoms with van der Waals surface area (Å²) in [5.74, 6) is 1.59. The zero-order valence-corrected chi connectivity index (χ0v) is 12.3. The van der Waals surface area contributed by atoms with Crippen LogP contribution in [0.15, 0.2) is 24.4 Å². The highest BCUT2D eigenvalue weighted by atomic mass is 16.5. The number of ether oxygens (including phenoxy) is 2. The van der Waals surface area contributed by atoms with Crippen molar-refractivity contribution < 1.29 is 9.47 Å². The van der Waals surface area contributed by atoms with Gasteiger partial charge in [0.05, 0.1) is 19.9 Å². The highest BCUT2D eigenvalue weighted by molar-refractivity contribution is 5.42. The number of hydrogen-bond donors (Lipinski definition) is 1. The van der Waals surface area contributed by atoms with Crippen molar-refractivity contribution in [1.82, 2.24) is 20.3 Å². The van der Waals surface area contributed by atoms with Crippen molar-refractivity contribution in [2.45, 2.75) is 19.5 Å². The molecule has 1 heterocycles. The highest BCUT2D eigenvalue weighted by Gasteiger charge is 2.12. The average molecular weight is 276 g/mol. The first-order chi connectivity index (χ1) is 9.63. The average Bonchev–Trinajstić information content (AvgIpc) is 2.89.